The van der Waals surface area contributed by atoms with Crippen LogP contribution in [0.25, 0.3) is 0 Å². The Morgan fingerprint density at radius 3 is 2.70 bits per heavy atom. The molecular formula is C18H17ClN2OS. The van der Waals surface area contributed by atoms with Crippen molar-refractivity contribution in [3.05, 3.63) is 51.5 Å². The van der Waals surface area contributed by atoms with E-state index in [1.165, 1.54) is 5.56 Å². The molecule has 1 aliphatic carbocycles. The van der Waals surface area contributed by atoms with Crippen LogP contribution in [0.1, 0.15) is 35.1 Å². The molecule has 1 aromatic carbocycles. The summed E-state index contributed by atoms with van der Waals surface area (Å²) >= 11 is 7.90. The molecule has 0 fully saturated rings. The molecule has 23 heavy (non-hydrogen) atoms. The van der Waals surface area contributed by atoms with E-state index in [2.05, 4.69) is 11.1 Å². The van der Waals surface area contributed by atoms with Gasteiger partial charge >= 0.3 is 0 Å². The zero-order valence-corrected chi connectivity index (χ0v) is 14.5. The van der Waals surface area contributed by atoms with Crippen molar-refractivity contribution in [3.8, 4) is 11.9 Å². The molecule has 0 spiro atoms. The highest BCUT2D eigenvalue weighted by Crippen LogP contribution is 2.37. The predicted octanol–water partition coefficient (Wildman–Crippen LogP) is 4.79. The molecule has 0 bridgehead atoms. The summed E-state index contributed by atoms with van der Waals surface area (Å²) in [7, 11) is 1.57. The Morgan fingerprint density at radius 1 is 1.26 bits per heavy atom. The van der Waals surface area contributed by atoms with Gasteiger partial charge in [-0.15, -0.1) is 11.8 Å². The Kier molecular flexibility index (Phi) is 5.09. The minimum absolute atomic E-state index is 0.440. The maximum absolute atomic E-state index is 9.45. The van der Waals surface area contributed by atoms with E-state index in [0.29, 0.717) is 11.4 Å². The Balaban J connectivity index is 1.96. The highest BCUT2D eigenvalue weighted by molar-refractivity contribution is 7.98. The summed E-state index contributed by atoms with van der Waals surface area (Å²) in [6.07, 6.45) is 4.16. The van der Waals surface area contributed by atoms with Crippen LogP contribution in [0.2, 0.25) is 5.02 Å². The lowest BCUT2D eigenvalue weighted by Crippen LogP contribution is -2.10. The van der Waals surface area contributed by atoms with Gasteiger partial charge in [0.2, 0.25) is 5.88 Å². The SMILES string of the molecule is COc1nc(SCc2ccccc2Cl)c2c(c1C#N)CCCC2. The van der Waals surface area contributed by atoms with Crippen LogP contribution in [0.4, 0.5) is 0 Å². The molecule has 0 saturated heterocycles. The van der Waals surface area contributed by atoms with Gasteiger partial charge in [0.05, 0.1) is 7.11 Å². The van der Waals surface area contributed by atoms with Gasteiger partial charge in [0.1, 0.15) is 16.7 Å². The lowest BCUT2D eigenvalue weighted by Gasteiger charge is -2.21. The molecule has 0 aliphatic heterocycles. The number of pyridine rings is 1. The van der Waals surface area contributed by atoms with Gasteiger partial charge in [0, 0.05) is 10.8 Å². The molecule has 0 amide bonds. The van der Waals surface area contributed by atoms with Crippen molar-refractivity contribution in [1.82, 2.24) is 4.98 Å². The summed E-state index contributed by atoms with van der Waals surface area (Å²) in [6.45, 7) is 0. The van der Waals surface area contributed by atoms with E-state index in [0.717, 1.165) is 52.6 Å². The Morgan fingerprint density at radius 2 is 2.00 bits per heavy atom. The van der Waals surface area contributed by atoms with Crippen molar-refractivity contribution in [2.24, 2.45) is 0 Å². The van der Waals surface area contributed by atoms with Gasteiger partial charge < -0.3 is 4.74 Å². The molecule has 1 aromatic heterocycles. The average Bonchev–Trinajstić information content (AvgIpc) is 2.60. The first-order valence-electron chi connectivity index (χ1n) is 7.60. The summed E-state index contributed by atoms with van der Waals surface area (Å²) in [4.78, 5) is 4.60. The van der Waals surface area contributed by atoms with Crippen molar-refractivity contribution >= 4 is 23.4 Å². The molecule has 1 heterocycles. The number of methoxy groups -OCH3 is 1. The van der Waals surface area contributed by atoms with E-state index in [1.807, 2.05) is 24.3 Å². The standard InChI is InChI=1S/C18H17ClN2OS/c1-22-17-15(10-20)13-7-3-4-8-14(13)18(21-17)23-11-12-6-2-5-9-16(12)19/h2,5-6,9H,3-4,7-8,11H2,1H3. The van der Waals surface area contributed by atoms with Crippen LogP contribution < -0.4 is 4.74 Å². The number of thioether (sulfide) groups is 1. The Labute approximate surface area is 145 Å². The number of aromatic nitrogens is 1. The normalized spacial score (nSPS) is 13.3. The third kappa shape index (κ3) is 3.31. The highest BCUT2D eigenvalue weighted by atomic mass is 35.5. The number of nitrogens with zero attached hydrogens (tertiary/aromatic N) is 2. The average molecular weight is 345 g/mol. The van der Waals surface area contributed by atoms with E-state index in [4.69, 9.17) is 16.3 Å². The van der Waals surface area contributed by atoms with Crippen molar-refractivity contribution in [2.45, 2.75) is 36.5 Å². The lowest BCUT2D eigenvalue weighted by atomic mass is 9.90. The first-order chi connectivity index (χ1) is 11.2. The van der Waals surface area contributed by atoms with Crippen LogP contribution in [-0.4, -0.2) is 12.1 Å². The molecule has 0 N–H and O–H groups in total. The maximum atomic E-state index is 9.45. The zero-order chi connectivity index (χ0) is 16.2. The highest BCUT2D eigenvalue weighted by Gasteiger charge is 2.23. The van der Waals surface area contributed by atoms with Crippen LogP contribution in [0, 0.1) is 11.3 Å². The summed E-state index contributed by atoms with van der Waals surface area (Å²) < 4.78 is 5.35. The smallest absolute Gasteiger partial charge is 0.232 e. The zero-order valence-electron chi connectivity index (χ0n) is 12.9. The van der Waals surface area contributed by atoms with Gasteiger partial charge in [-0.3, -0.25) is 0 Å². The molecule has 3 rings (SSSR count). The first-order valence-corrected chi connectivity index (χ1v) is 8.97. The second kappa shape index (κ2) is 7.25. The second-order valence-electron chi connectivity index (χ2n) is 5.46. The van der Waals surface area contributed by atoms with Gasteiger partial charge in [0.25, 0.3) is 0 Å². The van der Waals surface area contributed by atoms with E-state index < -0.39 is 0 Å². The van der Waals surface area contributed by atoms with Crippen LogP contribution in [0.5, 0.6) is 5.88 Å². The Hall–Kier alpha value is -1.70. The minimum atomic E-state index is 0.440. The summed E-state index contributed by atoms with van der Waals surface area (Å²) in [6, 6.07) is 10.1. The number of halogens is 1. The molecule has 2 aromatic rings. The first kappa shape index (κ1) is 16.2. The number of hydrogen-bond acceptors (Lipinski definition) is 4. The van der Waals surface area contributed by atoms with Crippen LogP contribution >= 0.6 is 23.4 Å². The van der Waals surface area contributed by atoms with Gasteiger partial charge in [0.15, 0.2) is 0 Å². The van der Waals surface area contributed by atoms with Crippen LogP contribution in [-0.2, 0) is 18.6 Å². The number of benzene rings is 1. The molecule has 0 radical (unpaired) electrons. The number of nitriles is 1. The van der Waals surface area contributed by atoms with E-state index in [-0.39, 0.29) is 0 Å². The molecule has 3 nitrogen and oxygen atoms in total. The molecule has 1 aliphatic rings. The molecule has 0 unspecified atom stereocenters. The van der Waals surface area contributed by atoms with Gasteiger partial charge in [-0.05, 0) is 48.4 Å². The molecule has 5 heteroatoms. The topological polar surface area (TPSA) is 45.9 Å². The number of hydrogen-bond donors (Lipinski definition) is 0. The van der Waals surface area contributed by atoms with E-state index >= 15 is 0 Å². The molecule has 0 atom stereocenters. The van der Waals surface area contributed by atoms with Crippen LogP contribution in [0.15, 0.2) is 29.3 Å². The van der Waals surface area contributed by atoms with Gasteiger partial charge in [-0.1, -0.05) is 29.8 Å². The quantitative estimate of drug-likeness (QED) is 0.748. The predicted molar refractivity (Wildman–Crippen MR) is 93.2 cm³/mol. The fraction of sp³-hybridized carbons (Fsp3) is 0.333. The van der Waals surface area contributed by atoms with E-state index in [1.54, 1.807) is 18.9 Å². The maximum Gasteiger partial charge on any atom is 0.232 e. The summed E-state index contributed by atoms with van der Waals surface area (Å²) in [5.41, 5.74) is 4.02. The molecule has 0 saturated carbocycles. The van der Waals surface area contributed by atoms with Gasteiger partial charge in [-0.25, -0.2) is 4.98 Å². The van der Waals surface area contributed by atoms with E-state index in [9.17, 15) is 5.26 Å². The number of rotatable bonds is 4. The van der Waals surface area contributed by atoms with Crippen molar-refractivity contribution in [1.29, 1.82) is 5.26 Å². The minimum Gasteiger partial charge on any atom is -0.480 e. The lowest BCUT2D eigenvalue weighted by molar-refractivity contribution is 0.390. The summed E-state index contributed by atoms with van der Waals surface area (Å²) in [5, 5.41) is 11.2. The van der Waals surface area contributed by atoms with Crippen molar-refractivity contribution in [2.75, 3.05) is 7.11 Å². The largest absolute Gasteiger partial charge is 0.480 e. The van der Waals surface area contributed by atoms with Crippen molar-refractivity contribution in [3.63, 3.8) is 0 Å². The molecular weight excluding hydrogens is 328 g/mol. The second-order valence-corrected chi connectivity index (χ2v) is 6.83. The fourth-order valence-corrected chi connectivity index (χ4v) is 4.28. The fourth-order valence-electron chi connectivity index (χ4n) is 2.91. The Bertz CT molecular complexity index is 770. The number of fused-ring (bicyclic) bond motifs is 1. The molecule has 118 valence electrons. The number of ether oxygens (including phenoxy) is 1. The van der Waals surface area contributed by atoms with Crippen LogP contribution in [0.3, 0.4) is 0 Å². The van der Waals surface area contributed by atoms with Gasteiger partial charge in [-0.2, -0.15) is 5.26 Å². The monoisotopic (exact) mass is 344 g/mol. The third-order valence-corrected chi connectivity index (χ3v) is 5.51. The summed E-state index contributed by atoms with van der Waals surface area (Å²) in [5.74, 6) is 1.20. The third-order valence-electron chi connectivity index (χ3n) is 4.07. The van der Waals surface area contributed by atoms with Crippen molar-refractivity contribution < 1.29 is 4.74 Å².